The van der Waals surface area contributed by atoms with Crippen molar-refractivity contribution in [3.05, 3.63) is 48.0 Å². The number of pyridine rings is 1. The van der Waals surface area contributed by atoms with Crippen LogP contribution in [0.5, 0.6) is 0 Å². The Balaban J connectivity index is 1.95. The van der Waals surface area contributed by atoms with Gasteiger partial charge in [0.15, 0.2) is 0 Å². The topological polar surface area (TPSA) is 53.1 Å². The average molecular weight is 267 g/mol. The molecule has 0 amide bonds. The molecule has 1 saturated heterocycles. The van der Waals surface area contributed by atoms with E-state index in [1.807, 2.05) is 18.2 Å². The van der Waals surface area contributed by atoms with Gasteiger partial charge in [0.2, 0.25) is 0 Å². The van der Waals surface area contributed by atoms with Crippen LogP contribution in [-0.4, -0.2) is 11.5 Å². The molecule has 0 unspecified atom stereocenters. The summed E-state index contributed by atoms with van der Waals surface area (Å²) in [6.07, 6.45) is 5.60. The van der Waals surface area contributed by atoms with Gasteiger partial charge in [-0.1, -0.05) is 6.92 Å². The quantitative estimate of drug-likeness (QED) is 0.835. The van der Waals surface area contributed by atoms with Crippen molar-refractivity contribution in [1.82, 2.24) is 4.98 Å². The van der Waals surface area contributed by atoms with Crippen molar-refractivity contribution in [3.63, 3.8) is 0 Å². The second-order valence-electron chi connectivity index (χ2n) is 5.37. The fourth-order valence-electron chi connectivity index (χ4n) is 2.81. The highest BCUT2D eigenvalue weighted by molar-refractivity contribution is 5.47. The molecule has 20 heavy (non-hydrogen) atoms. The monoisotopic (exact) mass is 267 g/mol. The number of rotatable bonds is 2. The maximum atomic E-state index is 9.04. The van der Waals surface area contributed by atoms with Crippen LogP contribution < -0.4 is 4.90 Å². The molecule has 0 spiro atoms. The Bertz CT molecular complexity index is 615. The maximum Gasteiger partial charge on any atom is 0.130 e. The summed E-state index contributed by atoms with van der Waals surface area (Å²) in [4.78, 5) is 6.68. The SMILES string of the molecule is C[C@@H]1CCN(c2cc(C#N)ccn2)[C@@H](c2ccco2)C1. The zero-order valence-electron chi connectivity index (χ0n) is 11.5. The molecule has 0 aliphatic carbocycles. The van der Waals surface area contributed by atoms with Gasteiger partial charge in [-0.2, -0.15) is 5.26 Å². The van der Waals surface area contributed by atoms with Gasteiger partial charge in [0.25, 0.3) is 0 Å². The van der Waals surface area contributed by atoms with E-state index >= 15 is 0 Å². The molecule has 2 aromatic heterocycles. The van der Waals surface area contributed by atoms with Crippen molar-refractivity contribution in [3.8, 4) is 6.07 Å². The Morgan fingerprint density at radius 2 is 2.35 bits per heavy atom. The number of hydrogen-bond donors (Lipinski definition) is 0. The summed E-state index contributed by atoms with van der Waals surface area (Å²) in [5.41, 5.74) is 0.645. The van der Waals surface area contributed by atoms with Gasteiger partial charge in [-0.25, -0.2) is 4.98 Å². The molecule has 4 nitrogen and oxygen atoms in total. The first kappa shape index (κ1) is 12.7. The van der Waals surface area contributed by atoms with Gasteiger partial charge in [-0.3, -0.25) is 0 Å². The normalized spacial score (nSPS) is 22.5. The van der Waals surface area contributed by atoms with Gasteiger partial charge in [0.1, 0.15) is 11.6 Å². The summed E-state index contributed by atoms with van der Waals surface area (Å²) >= 11 is 0. The van der Waals surface area contributed by atoms with E-state index in [2.05, 4.69) is 22.9 Å². The smallest absolute Gasteiger partial charge is 0.130 e. The Kier molecular flexibility index (Phi) is 3.42. The van der Waals surface area contributed by atoms with Gasteiger partial charge in [0.05, 0.1) is 23.9 Å². The molecule has 3 heterocycles. The van der Waals surface area contributed by atoms with E-state index in [1.54, 1.807) is 18.5 Å². The number of furan rings is 1. The zero-order valence-corrected chi connectivity index (χ0v) is 11.5. The third-order valence-electron chi connectivity index (χ3n) is 3.91. The number of nitriles is 1. The van der Waals surface area contributed by atoms with Crippen molar-refractivity contribution in [1.29, 1.82) is 5.26 Å². The summed E-state index contributed by atoms with van der Waals surface area (Å²) in [6.45, 7) is 3.21. The van der Waals surface area contributed by atoms with Crippen molar-refractivity contribution in [2.24, 2.45) is 5.92 Å². The van der Waals surface area contributed by atoms with E-state index in [1.165, 1.54) is 0 Å². The van der Waals surface area contributed by atoms with E-state index in [0.29, 0.717) is 11.5 Å². The second-order valence-corrected chi connectivity index (χ2v) is 5.37. The molecule has 2 atom stereocenters. The third kappa shape index (κ3) is 2.39. The lowest BCUT2D eigenvalue weighted by Crippen LogP contribution is -2.36. The predicted octanol–water partition coefficient (Wildman–Crippen LogP) is 3.52. The summed E-state index contributed by atoms with van der Waals surface area (Å²) in [5, 5.41) is 9.04. The van der Waals surface area contributed by atoms with Gasteiger partial charge < -0.3 is 9.32 Å². The fraction of sp³-hybridized carbons (Fsp3) is 0.375. The van der Waals surface area contributed by atoms with E-state index in [9.17, 15) is 0 Å². The molecule has 102 valence electrons. The van der Waals surface area contributed by atoms with Crippen LogP contribution in [0.25, 0.3) is 0 Å². The lowest BCUT2D eigenvalue weighted by atomic mass is 9.91. The molecular formula is C16H17N3O. The van der Waals surface area contributed by atoms with Crippen LogP contribution in [0.4, 0.5) is 5.82 Å². The standard InChI is InChI=1S/C16H17N3O/c1-12-5-7-19(14(9-12)15-3-2-8-20-15)16-10-13(11-17)4-6-18-16/h2-4,6,8,10,12,14H,5,7,9H2,1H3/t12-,14-/m1/s1. The van der Waals surface area contributed by atoms with E-state index in [4.69, 9.17) is 9.68 Å². The van der Waals surface area contributed by atoms with Crippen LogP contribution in [0.3, 0.4) is 0 Å². The van der Waals surface area contributed by atoms with E-state index < -0.39 is 0 Å². The molecule has 1 aliphatic heterocycles. The molecule has 3 rings (SSSR count). The number of aromatic nitrogens is 1. The Morgan fingerprint density at radius 3 is 3.10 bits per heavy atom. The van der Waals surface area contributed by atoms with Crippen LogP contribution in [-0.2, 0) is 0 Å². The zero-order chi connectivity index (χ0) is 13.9. The first-order valence-corrected chi connectivity index (χ1v) is 6.94. The van der Waals surface area contributed by atoms with Crippen molar-refractivity contribution < 1.29 is 4.42 Å². The molecule has 0 N–H and O–H groups in total. The lowest BCUT2D eigenvalue weighted by Gasteiger charge is -2.38. The summed E-state index contributed by atoms with van der Waals surface area (Å²) in [7, 11) is 0. The summed E-state index contributed by atoms with van der Waals surface area (Å²) in [5.74, 6) is 2.50. The molecule has 1 aliphatic rings. The minimum atomic E-state index is 0.204. The van der Waals surface area contributed by atoms with Crippen LogP contribution in [0, 0.1) is 17.2 Å². The largest absolute Gasteiger partial charge is 0.467 e. The summed E-state index contributed by atoms with van der Waals surface area (Å²) in [6, 6.07) is 9.91. The van der Waals surface area contributed by atoms with Crippen molar-refractivity contribution in [2.45, 2.75) is 25.8 Å². The van der Waals surface area contributed by atoms with Crippen molar-refractivity contribution in [2.75, 3.05) is 11.4 Å². The molecule has 0 saturated carbocycles. The molecule has 1 fully saturated rings. The highest BCUT2D eigenvalue weighted by Crippen LogP contribution is 2.36. The van der Waals surface area contributed by atoms with Gasteiger partial charge >= 0.3 is 0 Å². The minimum absolute atomic E-state index is 0.204. The number of piperidine rings is 1. The molecular weight excluding hydrogens is 250 g/mol. The van der Waals surface area contributed by atoms with Crippen LogP contribution in [0.15, 0.2) is 41.1 Å². The first-order chi connectivity index (χ1) is 9.78. The maximum absolute atomic E-state index is 9.04. The Hall–Kier alpha value is -2.28. The second kappa shape index (κ2) is 5.38. The van der Waals surface area contributed by atoms with Crippen LogP contribution in [0.1, 0.15) is 37.1 Å². The van der Waals surface area contributed by atoms with E-state index in [-0.39, 0.29) is 6.04 Å². The first-order valence-electron chi connectivity index (χ1n) is 6.94. The van der Waals surface area contributed by atoms with Crippen LogP contribution in [0.2, 0.25) is 0 Å². The number of hydrogen-bond acceptors (Lipinski definition) is 4. The van der Waals surface area contributed by atoms with Gasteiger partial charge in [0, 0.05) is 12.7 Å². The van der Waals surface area contributed by atoms with Gasteiger partial charge in [-0.05, 0) is 43.0 Å². The summed E-state index contributed by atoms with van der Waals surface area (Å²) < 4.78 is 5.60. The average Bonchev–Trinajstić information content (AvgIpc) is 3.01. The number of anilines is 1. The third-order valence-corrected chi connectivity index (χ3v) is 3.91. The van der Waals surface area contributed by atoms with Crippen LogP contribution >= 0.6 is 0 Å². The highest BCUT2D eigenvalue weighted by Gasteiger charge is 2.30. The lowest BCUT2D eigenvalue weighted by molar-refractivity contribution is 0.327. The fourth-order valence-corrected chi connectivity index (χ4v) is 2.81. The molecule has 0 radical (unpaired) electrons. The molecule has 0 aromatic carbocycles. The van der Waals surface area contributed by atoms with Gasteiger partial charge in [-0.15, -0.1) is 0 Å². The minimum Gasteiger partial charge on any atom is -0.467 e. The molecule has 0 bridgehead atoms. The Morgan fingerprint density at radius 1 is 1.45 bits per heavy atom. The van der Waals surface area contributed by atoms with E-state index in [0.717, 1.165) is 31.0 Å². The number of nitrogens with zero attached hydrogens (tertiary/aromatic N) is 3. The molecule has 4 heteroatoms. The predicted molar refractivity (Wildman–Crippen MR) is 76.1 cm³/mol. The highest BCUT2D eigenvalue weighted by atomic mass is 16.3. The van der Waals surface area contributed by atoms with Crippen molar-refractivity contribution >= 4 is 5.82 Å². The Labute approximate surface area is 118 Å². The molecule has 2 aromatic rings.